The van der Waals surface area contributed by atoms with Crippen LogP contribution in [0.4, 0.5) is 0 Å². The molecule has 0 aliphatic heterocycles. The predicted octanol–water partition coefficient (Wildman–Crippen LogP) is 3.73. The lowest BCUT2D eigenvalue weighted by Crippen LogP contribution is -2.37. The maximum atomic E-state index is 12.4. The molecule has 0 aromatic heterocycles. The van der Waals surface area contributed by atoms with Crippen LogP contribution in [-0.2, 0) is 0 Å². The first kappa shape index (κ1) is 12.5. The molecule has 19 heavy (non-hydrogen) atoms. The highest BCUT2D eigenvalue weighted by Gasteiger charge is 2.27. The average molecular weight is 274 g/mol. The molecular formula is C16H16ClNO. The summed E-state index contributed by atoms with van der Waals surface area (Å²) in [5.74, 6) is -0.0191. The minimum Gasteiger partial charge on any atom is -0.348 e. The number of hydrogen-bond acceptors (Lipinski definition) is 1. The molecule has 1 N–H and O–H groups in total. The summed E-state index contributed by atoms with van der Waals surface area (Å²) in [4.78, 5) is 12.4. The monoisotopic (exact) mass is 273 g/mol. The van der Waals surface area contributed by atoms with Gasteiger partial charge in [-0.1, -0.05) is 36.4 Å². The Morgan fingerprint density at radius 3 is 2.68 bits per heavy atom. The lowest BCUT2D eigenvalue weighted by molar-refractivity contribution is 0.0940. The molecule has 98 valence electrons. The molecule has 0 spiro atoms. The summed E-state index contributed by atoms with van der Waals surface area (Å²) in [5.41, 5.74) is 0.730. The molecule has 1 aliphatic rings. The van der Waals surface area contributed by atoms with Crippen molar-refractivity contribution in [3.63, 3.8) is 0 Å². The normalized spacial score (nSPS) is 22.6. The van der Waals surface area contributed by atoms with E-state index in [0.29, 0.717) is 0 Å². The van der Waals surface area contributed by atoms with E-state index < -0.39 is 0 Å². The minimum atomic E-state index is -0.0191. The largest absolute Gasteiger partial charge is 0.348 e. The Bertz CT molecular complexity index is 605. The van der Waals surface area contributed by atoms with Gasteiger partial charge in [-0.15, -0.1) is 11.6 Å². The van der Waals surface area contributed by atoms with Crippen molar-refractivity contribution in [2.75, 3.05) is 0 Å². The van der Waals surface area contributed by atoms with Gasteiger partial charge in [-0.2, -0.15) is 0 Å². The van der Waals surface area contributed by atoms with Gasteiger partial charge >= 0.3 is 0 Å². The third-order valence-corrected chi connectivity index (χ3v) is 4.30. The number of carbonyl (C=O) groups is 1. The minimum absolute atomic E-state index is 0.0191. The van der Waals surface area contributed by atoms with Gasteiger partial charge in [0.25, 0.3) is 5.91 Å². The molecule has 2 unspecified atom stereocenters. The number of alkyl halides is 1. The number of nitrogens with one attached hydrogen (secondary N) is 1. The fourth-order valence-corrected chi connectivity index (χ4v) is 3.09. The highest BCUT2D eigenvalue weighted by Crippen LogP contribution is 2.25. The zero-order chi connectivity index (χ0) is 13.2. The van der Waals surface area contributed by atoms with Crippen molar-refractivity contribution in [2.45, 2.75) is 30.7 Å². The third kappa shape index (κ3) is 2.45. The summed E-state index contributed by atoms with van der Waals surface area (Å²) >= 11 is 6.21. The van der Waals surface area contributed by atoms with Gasteiger partial charge in [0.05, 0.1) is 5.38 Å². The smallest absolute Gasteiger partial charge is 0.252 e. The number of halogens is 1. The number of rotatable bonds is 2. The van der Waals surface area contributed by atoms with Crippen LogP contribution in [-0.4, -0.2) is 17.3 Å². The summed E-state index contributed by atoms with van der Waals surface area (Å²) < 4.78 is 0. The summed E-state index contributed by atoms with van der Waals surface area (Å²) in [6.07, 6.45) is 3.06. The Labute approximate surface area is 117 Å². The van der Waals surface area contributed by atoms with Gasteiger partial charge in [0, 0.05) is 11.6 Å². The summed E-state index contributed by atoms with van der Waals surface area (Å²) in [6, 6.07) is 13.9. The molecule has 0 heterocycles. The van der Waals surface area contributed by atoms with Crippen molar-refractivity contribution in [3.05, 3.63) is 48.0 Å². The third-order valence-electron chi connectivity index (χ3n) is 3.78. The highest BCUT2D eigenvalue weighted by atomic mass is 35.5. The molecule has 2 nitrogen and oxygen atoms in total. The molecule has 2 atom stereocenters. The van der Waals surface area contributed by atoms with E-state index in [1.54, 1.807) is 0 Å². The molecule has 0 saturated heterocycles. The Hall–Kier alpha value is -1.54. The second kappa shape index (κ2) is 5.22. The van der Waals surface area contributed by atoms with E-state index in [1.807, 2.05) is 42.5 Å². The molecule has 1 amide bonds. The number of benzene rings is 2. The van der Waals surface area contributed by atoms with E-state index in [1.165, 1.54) is 0 Å². The average Bonchev–Trinajstić information content (AvgIpc) is 2.83. The molecule has 1 fully saturated rings. The Balaban J connectivity index is 1.89. The fraction of sp³-hybridized carbons (Fsp3) is 0.312. The molecular weight excluding hydrogens is 258 g/mol. The van der Waals surface area contributed by atoms with E-state index in [2.05, 4.69) is 5.32 Å². The number of hydrogen-bond donors (Lipinski definition) is 1. The molecule has 0 radical (unpaired) electrons. The first-order chi connectivity index (χ1) is 9.25. The lowest BCUT2D eigenvalue weighted by Gasteiger charge is -2.16. The van der Waals surface area contributed by atoms with E-state index in [4.69, 9.17) is 11.6 Å². The zero-order valence-corrected chi connectivity index (χ0v) is 11.4. The van der Waals surface area contributed by atoms with Gasteiger partial charge in [-0.3, -0.25) is 4.79 Å². The lowest BCUT2D eigenvalue weighted by atomic mass is 10.0. The van der Waals surface area contributed by atoms with Crippen LogP contribution in [0.1, 0.15) is 29.6 Å². The topological polar surface area (TPSA) is 29.1 Å². The highest BCUT2D eigenvalue weighted by molar-refractivity contribution is 6.21. The molecule has 2 aromatic carbocycles. The zero-order valence-electron chi connectivity index (χ0n) is 10.6. The first-order valence-electron chi connectivity index (χ1n) is 6.68. The van der Waals surface area contributed by atoms with Crippen LogP contribution in [0.3, 0.4) is 0 Å². The molecule has 1 saturated carbocycles. The number of carbonyl (C=O) groups excluding carboxylic acids is 1. The molecule has 3 heteroatoms. The van der Waals surface area contributed by atoms with Gasteiger partial charge in [-0.25, -0.2) is 0 Å². The quantitative estimate of drug-likeness (QED) is 0.830. The van der Waals surface area contributed by atoms with Crippen molar-refractivity contribution in [2.24, 2.45) is 0 Å². The summed E-state index contributed by atoms with van der Waals surface area (Å²) in [6.45, 7) is 0. The van der Waals surface area contributed by atoms with Crippen molar-refractivity contribution in [3.8, 4) is 0 Å². The Kier molecular flexibility index (Phi) is 3.43. The van der Waals surface area contributed by atoms with Crippen LogP contribution in [0.2, 0.25) is 0 Å². The van der Waals surface area contributed by atoms with Crippen LogP contribution in [0.25, 0.3) is 10.8 Å². The Morgan fingerprint density at radius 2 is 1.89 bits per heavy atom. The second-order valence-electron chi connectivity index (χ2n) is 5.05. The standard InChI is InChI=1S/C16H16ClNO/c17-14-9-4-10-15(14)18-16(19)13-8-3-6-11-5-1-2-7-12(11)13/h1-3,5-8,14-15H,4,9-10H2,(H,18,19). The molecule has 2 aromatic rings. The van der Waals surface area contributed by atoms with Gasteiger partial charge in [-0.05, 0) is 36.1 Å². The SMILES string of the molecule is O=C(NC1CCCC1Cl)c1cccc2ccccc12. The van der Waals surface area contributed by atoms with Gasteiger partial charge < -0.3 is 5.32 Å². The van der Waals surface area contributed by atoms with Crippen molar-refractivity contribution >= 4 is 28.3 Å². The summed E-state index contributed by atoms with van der Waals surface area (Å²) in [5, 5.41) is 5.21. The van der Waals surface area contributed by atoms with Crippen LogP contribution in [0, 0.1) is 0 Å². The van der Waals surface area contributed by atoms with Crippen LogP contribution < -0.4 is 5.32 Å². The fourth-order valence-electron chi connectivity index (χ4n) is 2.75. The van der Waals surface area contributed by atoms with Gasteiger partial charge in [0.15, 0.2) is 0 Å². The van der Waals surface area contributed by atoms with Crippen molar-refractivity contribution in [1.82, 2.24) is 5.32 Å². The summed E-state index contributed by atoms with van der Waals surface area (Å²) in [7, 11) is 0. The number of fused-ring (bicyclic) bond motifs is 1. The maximum Gasteiger partial charge on any atom is 0.252 e. The molecule has 1 aliphatic carbocycles. The van der Waals surface area contributed by atoms with Gasteiger partial charge in [0.2, 0.25) is 0 Å². The maximum absolute atomic E-state index is 12.4. The first-order valence-corrected chi connectivity index (χ1v) is 7.12. The van der Waals surface area contributed by atoms with E-state index in [0.717, 1.165) is 35.6 Å². The van der Waals surface area contributed by atoms with Crippen LogP contribution >= 0.6 is 11.6 Å². The second-order valence-corrected chi connectivity index (χ2v) is 5.61. The molecule has 3 rings (SSSR count). The predicted molar refractivity (Wildman–Crippen MR) is 78.7 cm³/mol. The van der Waals surface area contributed by atoms with Gasteiger partial charge in [0.1, 0.15) is 0 Å². The van der Waals surface area contributed by atoms with Crippen LogP contribution in [0.15, 0.2) is 42.5 Å². The Morgan fingerprint density at radius 1 is 1.11 bits per heavy atom. The number of amides is 1. The molecule has 0 bridgehead atoms. The van der Waals surface area contributed by atoms with Crippen LogP contribution in [0.5, 0.6) is 0 Å². The van der Waals surface area contributed by atoms with E-state index in [-0.39, 0.29) is 17.3 Å². The van der Waals surface area contributed by atoms with E-state index in [9.17, 15) is 4.79 Å². The van der Waals surface area contributed by atoms with Crippen molar-refractivity contribution < 1.29 is 4.79 Å². The van der Waals surface area contributed by atoms with E-state index >= 15 is 0 Å². The van der Waals surface area contributed by atoms with Crippen molar-refractivity contribution in [1.29, 1.82) is 0 Å².